The summed E-state index contributed by atoms with van der Waals surface area (Å²) in [5.74, 6) is -0.0490. The summed E-state index contributed by atoms with van der Waals surface area (Å²) in [6.45, 7) is 3.86. The number of nitrogens with zero attached hydrogens (tertiary/aromatic N) is 1. The Bertz CT molecular complexity index is 424. The van der Waals surface area contributed by atoms with Gasteiger partial charge in [-0.2, -0.15) is 0 Å². The van der Waals surface area contributed by atoms with E-state index in [1.165, 1.54) is 4.90 Å². The molecule has 1 N–H and O–H groups in total. The maximum Gasteiger partial charge on any atom is 0.253 e. The van der Waals surface area contributed by atoms with Gasteiger partial charge in [-0.1, -0.05) is 13.8 Å². The van der Waals surface area contributed by atoms with E-state index in [2.05, 4.69) is 5.32 Å². The van der Waals surface area contributed by atoms with Crippen LogP contribution in [0.25, 0.3) is 0 Å². The Hall–Kier alpha value is -1.84. The van der Waals surface area contributed by atoms with E-state index in [0.29, 0.717) is 5.56 Å². The Balaban J connectivity index is 2.72. The maximum atomic E-state index is 11.7. The van der Waals surface area contributed by atoms with E-state index in [0.717, 1.165) is 12.1 Å². The lowest BCUT2D eigenvalue weighted by atomic mass is 10.1. The Morgan fingerprint density at radius 2 is 1.78 bits per heavy atom. The first kappa shape index (κ1) is 14.2. The zero-order valence-corrected chi connectivity index (χ0v) is 11.4. The highest BCUT2D eigenvalue weighted by Crippen LogP contribution is 2.13. The third kappa shape index (κ3) is 3.58. The minimum absolute atomic E-state index is 0.00388. The van der Waals surface area contributed by atoms with E-state index in [1.807, 2.05) is 13.8 Å². The first-order valence-electron chi connectivity index (χ1n) is 6.08. The molecule has 0 aliphatic carbocycles. The minimum atomic E-state index is -0.0465. The normalized spacial score (nSPS) is 11.8. The average molecular weight is 248 g/mol. The maximum absolute atomic E-state index is 11.7. The molecule has 0 radical (unpaired) electrons. The molecule has 1 rings (SSSR count). The number of rotatable bonds is 4. The van der Waals surface area contributed by atoms with Crippen LogP contribution in [0.4, 0.5) is 5.69 Å². The quantitative estimate of drug-likeness (QED) is 0.889. The number of carbonyl (C=O) groups is 2. The molecule has 1 unspecified atom stereocenters. The summed E-state index contributed by atoms with van der Waals surface area (Å²) in [6.07, 6.45) is 0.809. The molecular formula is C14H20N2O2. The van der Waals surface area contributed by atoms with Gasteiger partial charge in [-0.15, -0.1) is 0 Å². The van der Waals surface area contributed by atoms with Gasteiger partial charge in [0.2, 0.25) is 5.91 Å². The standard InChI is InChI=1S/C14H20N2O2/c1-5-10(2)13(17)15-12-8-6-11(7-9-12)14(18)16(3)4/h6-10H,5H2,1-4H3,(H,15,17). The summed E-state index contributed by atoms with van der Waals surface area (Å²) in [4.78, 5) is 24.9. The van der Waals surface area contributed by atoms with Gasteiger partial charge < -0.3 is 10.2 Å². The third-order valence-electron chi connectivity index (χ3n) is 2.87. The van der Waals surface area contributed by atoms with Crippen molar-refractivity contribution >= 4 is 17.5 Å². The molecule has 1 aromatic carbocycles. The fraction of sp³-hybridized carbons (Fsp3) is 0.429. The SMILES string of the molecule is CCC(C)C(=O)Nc1ccc(C(=O)N(C)C)cc1. The highest BCUT2D eigenvalue weighted by molar-refractivity contribution is 5.95. The van der Waals surface area contributed by atoms with Crippen LogP contribution in [0.15, 0.2) is 24.3 Å². The Morgan fingerprint density at radius 3 is 2.22 bits per heavy atom. The fourth-order valence-corrected chi connectivity index (χ4v) is 1.41. The van der Waals surface area contributed by atoms with Gasteiger partial charge >= 0.3 is 0 Å². The van der Waals surface area contributed by atoms with Crippen molar-refractivity contribution in [1.29, 1.82) is 0 Å². The smallest absolute Gasteiger partial charge is 0.253 e. The topological polar surface area (TPSA) is 49.4 Å². The summed E-state index contributed by atoms with van der Waals surface area (Å²) in [5, 5.41) is 2.82. The van der Waals surface area contributed by atoms with Gasteiger partial charge in [0.1, 0.15) is 0 Å². The van der Waals surface area contributed by atoms with E-state index in [9.17, 15) is 9.59 Å². The zero-order chi connectivity index (χ0) is 13.7. The number of nitrogens with one attached hydrogen (secondary N) is 1. The molecule has 0 aromatic heterocycles. The number of amides is 2. The lowest BCUT2D eigenvalue weighted by molar-refractivity contribution is -0.119. The first-order valence-corrected chi connectivity index (χ1v) is 6.08. The largest absolute Gasteiger partial charge is 0.345 e. The number of hydrogen-bond acceptors (Lipinski definition) is 2. The van der Waals surface area contributed by atoms with E-state index in [-0.39, 0.29) is 17.7 Å². The van der Waals surface area contributed by atoms with Crippen LogP contribution in [0.5, 0.6) is 0 Å². The van der Waals surface area contributed by atoms with Crippen molar-refractivity contribution in [2.45, 2.75) is 20.3 Å². The molecule has 0 aliphatic heterocycles. The van der Waals surface area contributed by atoms with Crippen LogP contribution in [-0.2, 0) is 4.79 Å². The molecule has 1 aromatic rings. The first-order chi connectivity index (χ1) is 8.45. The third-order valence-corrected chi connectivity index (χ3v) is 2.87. The van der Waals surface area contributed by atoms with Gasteiger partial charge in [-0.3, -0.25) is 9.59 Å². The Morgan fingerprint density at radius 1 is 1.22 bits per heavy atom. The van der Waals surface area contributed by atoms with Crippen molar-refractivity contribution in [2.24, 2.45) is 5.92 Å². The molecule has 0 spiro atoms. The highest BCUT2D eigenvalue weighted by atomic mass is 16.2. The molecule has 4 nitrogen and oxygen atoms in total. The van der Waals surface area contributed by atoms with Gasteiger partial charge in [0.05, 0.1) is 0 Å². The summed E-state index contributed by atoms with van der Waals surface area (Å²) in [5.41, 5.74) is 1.33. The molecule has 0 saturated carbocycles. The second-order valence-electron chi connectivity index (χ2n) is 4.58. The fourth-order valence-electron chi connectivity index (χ4n) is 1.41. The minimum Gasteiger partial charge on any atom is -0.345 e. The van der Waals surface area contributed by atoms with Gasteiger partial charge in [-0.05, 0) is 30.7 Å². The summed E-state index contributed by atoms with van der Waals surface area (Å²) in [7, 11) is 3.42. The van der Waals surface area contributed by atoms with E-state index >= 15 is 0 Å². The van der Waals surface area contributed by atoms with E-state index < -0.39 is 0 Å². The van der Waals surface area contributed by atoms with Crippen LogP contribution >= 0.6 is 0 Å². The Kier molecular flexibility index (Phi) is 4.89. The molecule has 0 fully saturated rings. The van der Waals surface area contributed by atoms with E-state index in [4.69, 9.17) is 0 Å². The van der Waals surface area contributed by atoms with Crippen molar-refractivity contribution in [3.05, 3.63) is 29.8 Å². The summed E-state index contributed by atoms with van der Waals surface area (Å²) in [6, 6.07) is 6.93. The summed E-state index contributed by atoms with van der Waals surface area (Å²) < 4.78 is 0. The van der Waals surface area contributed by atoms with Crippen molar-refractivity contribution in [3.8, 4) is 0 Å². The molecule has 0 aliphatic rings. The lowest BCUT2D eigenvalue weighted by Crippen LogP contribution is -2.22. The van der Waals surface area contributed by atoms with Crippen LogP contribution in [0.2, 0.25) is 0 Å². The molecule has 2 amide bonds. The van der Waals surface area contributed by atoms with Crippen LogP contribution < -0.4 is 5.32 Å². The summed E-state index contributed by atoms with van der Waals surface area (Å²) >= 11 is 0. The molecule has 0 bridgehead atoms. The molecule has 0 saturated heterocycles. The molecular weight excluding hydrogens is 228 g/mol. The second-order valence-corrected chi connectivity index (χ2v) is 4.58. The van der Waals surface area contributed by atoms with Crippen LogP contribution in [-0.4, -0.2) is 30.8 Å². The predicted octanol–water partition coefficient (Wildman–Crippen LogP) is 2.37. The monoisotopic (exact) mass is 248 g/mol. The molecule has 0 heterocycles. The average Bonchev–Trinajstić information content (AvgIpc) is 2.37. The van der Waals surface area contributed by atoms with Crippen LogP contribution in [0, 0.1) is 5.92 Å². The van der Waals surface area contributed by atoms with Gasteiger partial charge in [0.25, 0.3) is 5.91 Å². The van der Waals surface area contributed by atoms with Crippen LogP contribution in [0.3, 0.4) is 0 Å². The van der Waals surface area contributed by atoms with Gasteiger partial charge in [0, 0.05) is 31.3 Å². The van der Waals surface area contributed by atoms with Crippen molar-refractivity contribution in [3.63, 3.8) is 0 Å². The van der Waals surface area contributed by atoms with Crippen LogP contribution in [0.1, 0.15) is 30.6 Å². The molecule has 98 valence electrons. The molecule has 18 heavy (non-hydrogen) atoms. The molecule has 1 atom stereocenters. The Labute approximate surface area is 108 Å². The number of hydrogen-bond donors (Lipinski definition) is 1. The van der Waals surface area contributed by atoms with Crippen molar-refractivity contribution in [1.82, 2.24) is 4.90 Å². The highest BCUT2D eigenvalue weighted by Gasteiger charge is 2.11. The molecule has 4 heteroatoms. The van der Waals surface area contributed by atoms with Crippen molar-refractivity contribution < 1.29 is 9.59 Å². The van der Waals surface area contributed by atoms with E-state index in [1.54, 1.807) is 38.4 Å². The zero-order valence-electron chi connectivity index (χ0n) is 11.4. The van der Waals surface area contributed by atoms with Gasteiger partial charge in [-0.25, -0.2) is 0 Å². The van der Waals surface area contributed by atoms with Gasteiger partial charge in [0.15, 0.2) is 0 Å². The number of carbonyl (C=O) groups excluding carboxylic acids is 2. The van der Waals surface area contributed by atoms with Crippen molar-refractivity contribution in [2.75, 3.05) is 19.4 Å². The predicted molar refractivity (Wildman–Crippen MR) is 72.5 cm³/mol. The number of benzene rings is 1. The lowest BCUT2D eigenvalue weighted by Gasteiger charge is -2.12. The number of anilines is 1. The second kappa shape index (κ2) is 6.19.